The summed E-state index contributed by atoms with van der Waals surface area (Å²) < 4.78 is 1.85. The Hall–Kier alpha value is -2.95. The highest BCUT2D eigenvalue weighted by atomic mass is 16.1. The Morgan fingerprint density at radius 1 is 1.14 bits per heavy atom. The average Bonchev–Trinajstić information content (AvgIpc) is 2.84. The van der Waals surface area contributed by atoms with Crippen LogP contribution in [-0.4, -0.2) is 21.2 Å². The lowest BCUT2D eigenvalue weighted by atomic mass is 10.2. The smallest absolute Gasteiger partial charge is 0.241 e. The molecule has 0 spiro atoms. The van der Waals surface area contributed by atoms with Crippen molar-refractivity contribution in [3.8, 4) is 0 Å². The zero-order chi connectivity index (χ0) is 15.2. The number of nitrogens with two attached hydrogens (primary N) is 1. The van der Waals surface area contributed by atoms with E-state index >= 15 is 0 Å². The summed E-state index contributed by atoms with van der Waals surface area (Å²) in [6.45, 7) is 0. The Labute approximate surface area is 122 Å². The fourth-order valence-electron chi connectivity index (χ4n) is 1.81. The van der Waals surface area contributed by atoms with E-state index in [0.717, 1.165) is 11.4 Å². The maximum atomic E-state index is 11.9. The summed E-state index contributed by atoms with van der Waals surface area (Å²) in [7, 11) is 1.84. The van der Waals surface area contributed by atoms with Gasteiger partial charge in [0.25, 0.3) is 0 Å². The van der Waals surface area contributed by atoms with Gasteiger partial charge in [-0.2, -0.15) is 0 Å². The number of carbonyl (C=O) groups is 2. The van der Waals surface area contributed by atoms with Crippen LogP contribution in [0.15, 0.2) is 48.8 Å². The third-order valence-corrected chi connectivity index (χ3v) is 2.97. The van der Waals surface area contributed by atoms with Crippen LogP contribution < -0.4 is 5.73 Å². The summed E-state index contributed by atoms with van der Waals surface area (Å²) in [5.41, 5.74) is 7.26. The lowest BCUT2D eigenvalue weighted by molar-refractivity contribution is -0.113. The number of nitrogens with zero attached hydrogens (tertiary/aromatic N) is 2. The van der Waals surface area contributed by atoms with Crippen molar-refractivity contribution in [1.29, 1.82) is 0 Å². The number of amides is 1. The van der Waals surface area contributed by atoms with Crippen molar-refractivity contribution >= 4 is 23.8 Å². The maximum Gasteiger partial charge on any atom is 0.241 e. The highest BCUT2D eigenvalue weighted by Gasteiger charge is 2.03. The second kappa shape index (κ2) is 6.47. The predicted octanol–water partition coefficient (Wildman–Crippen LogP) is 1.81. The molecule has 0 radical (unpaired) electrons. The van der Waals surface area contributed by atoms with Gasteiger partial charge < -0.3 is 10.3 Å². The summed E-state index contributed by atoms with van der Waals surface area (Å²) in [6, 6.07) is 7.13. The molecule has 2 rings (SSSR count). The quantitative estimate of drug-likeness (QED) is 0.670. The first-order chi connectivity index (χ1) is 10.1. The molecule has 0 bridgehead atoms. The number of ketones is 1. The first kappa shape index (κ1) is 14.5. The van der Waals surface area contributed by atoms with Crippen LogP contribution in [-0.2, 0) is 11.8 Å². The largest absolute Gasteiger partial charge is 0.366 e. The molecule has 2 aromatic rings. The summed E-state index contributed by atoms with van der Waals surface area (Å²) in [5.74, 6) is -0.612. The molecule has 0 atom stereocenters. The van der Waals surface area contributed by atoms with Gasteiger partial charge in [-0.15, -0.1) is 0 Å². The molecule has 5 heteroatoms. The third kappa shape index (κ3) is 3.76. The monoisotopic (exact) mass is 281 g/mol. The molecule has 0 saturated carbocycles. The van der Waals surface area contributed by atoms with Crippen LogP contribution in [0.5, 0.6) is 0 Å². The number of carbonyl (C=O) groups excluding carboxylic acids is 2. The lowest BCUT2D eigenvalue weighted by Crippen LogP contribution is -2.05. The standard InChI is InChI=1S/C16H15N3O2/c1-19-13(4-5-14(19)7-9-16(17)21)6-8-15(20)12-3-2-10-18-11-12/h2-11H,1H3,(H2,17,21)/b8-6+,9-7+. The van der Waals surface area contributed by atoms with Gasteiger partial charge in [-0.05, 0) is 42.5 Å². The van der Waals surface area contributed by atoms with Crippen molar-refractivity contribution in [3.63, 3.8) is 0 Å². The van der Waals surface area contributed by atoms with Crippen LogP contribution in [0.3, 0.4) is 0 Å². The molecule has 2 aromatic heterocycles. The van der Waals surface area contributed by atoms with Gasteiger partial charge in [0.15, 0.2) is 5.78 Å². The molecule has 0 saturated heterocycles. The summed E-state index contributed by atoms with van der Waals surface area (Å²) in [4.78, 5) is 26.6. The molecule has 2 N–H and O–H groups in total. The van der Waals surface area contributed by atoms with Crippen molar-refractivity contribution in [2.24, 2.45) is 12.8 Å². The van der Waals surface area contributed by atoms with Crippen LogP contribution in [0, 0.1) is 0 Å². The van der Waals surface area contributed by atoms with E-state index in [4.69, 9.17) is 5.73 Å². The molecule has 0 aromatic carbocycles. The topological polar surface area (TPSA) is 78.0 Å². The number of rotatable bonds is 5. The summed E-state index contributed by atoms with van der Waals surface area (Å²) in [5, 5.41) is 0. The van der Waals surface area contributed by atoms with Crippen molar-refractivity contribution < 1.29 is 9.59 Å². The summed E-state index contributed by atoms with van der Waals surface area (Å²) >= 11 is 0. The average molecular weight is 281 g/mol. The zero-order valence-corrected chi connectivity index (χ0v) is 11.6. The fraction of sp³-hybridized carbons (Fsp3) is 0.0625. The molecule has 1 amide bonds. The fourth-order valence-corrected chi connectivity index (χ4v) is 1.81. The number of allylic oxidation sites excluding steroid dienone is 1. The zero-order valence-electron chi connectivity index (χ0n) is 11.6. The number of primary amides is 1. The molecule has 0 aliphatic rings. The molecule has 2 heterocycles. The molecule has 0 fully saturated rings. The van der Waals surface area contributed by atoms with E-state index in [2.05, 4.69) is 4.98 Å². The van der Waals surface area contributed by atoms with Crippen molar-refractivity contribution in [2.75, 3.05) is 0 Å². The van der Waals surface area contributed by atoms with Gasteiger partial charge in [-0.3, -0.25) is 14.6 Å². The molecule has 21 heavy (non-hydrogen) atoms. The molecular formula is C16H15N3O2. The first-order valence-corrected chi connectivity index (χ1v) is 6.33. The first-order valence-electron chi connectivity index (χ1n) is 6.33. The Morgan fingerprint density at radius 2 is 1.81 bits per heavy atom. The normalized spacial score (nSPS) is 11.3. The van der Waals surface area contributed by atoms with Crippen molar-refractivity contribution in [2.45, 2.75) is 0 Å². The Morgan fingerprint density at radius 3 is 2.38 bits per heavy atom. The lowest BCUT2D eigenvalue weighted by Gasteiger charge is -2.00. The van der Waals surface area contributed by atoms with Crippen LogP contribution in [0.2, 0.25) is 0 Å². The van der Waals surface area contributed by atoms with E-state index in [1.165, 1.54) is 18.3 Å². The third-order valence-electron chi connectivity index (χ3n) is 2.97. The van der Waals surface area contributed by atoms with E-state index < -0.39 is 5.91 Å². The van der Waals surface area contributed by atoms with E-state index in [1.54, 1.807) is 30.5 Å². The number of pyridine rings is 1. The molecule has 0 aliphatic carbocycles. The van der Waals surface area contributed by atoms with Gasteiger partial charge in [0.05, 0.1) is 0 Å². The van der Waals surface area contributed by atoms with Crippen LogP contribution in [0.4, 0.5) is 0 Å². The van der Waals surface area contributed by atoms with Gasteiger partial charge in [0.1, 0.15) is 0 Å². The Kier molecular flexibility index (Phi) is 4.46. The number of hydrogen-bond acceptors (Lipinski definition) is 3. The molecule has 5 nitrogen and oxygen atoms in total. The highest BCUT2D eigenvalue weighted by Crippen LogP contribution is 2.11. The molecule has 0 unspecified atom stereocenters. The second-order valence-corrected chi connectivity index (χ2v) is 4.42. The number of aromatic nitrogens is 2. The van der Waals surface area contributed by atoms with Crippen molar-refractivity contribution in [3.05, 3.63) is 65.8 Å². The molecule has 0 aliphatic heterocycles. The molecule has 106 valence electrons. The van der Waals surface area contributed by atoms with Gasteiger partial charge in [-0.1, -0.05) is 0 Å². The Balaban J connectivity index is 2.15. The van der Waals surface area contributed by atoms with Crippen LogP contribution in [0.1, 0.15) is 21.7 Å². The van der Waals surface area contributed by atoms with E-state index in [-0.39, 0.29) is 5.78 Å². The van der Waals surface area contributed by atoms with Gasteiger partial charge >= 0.3 is 0 Å². The predicted molar refractivity (Wildman–Crippen MR) is 81.2 cm³/mol. The van der Waals surface area contributed by atoms with Gasteiger partial charge in [0.2, 0.25) is 5.91 Å². The molecular weight excluding hydrogens is 266 g/mol. The Bertz CT molecular complexity index is 712. The highest BCUT2D eigenvalue weighted by molar-refractivity contribution is 6.06. The van der Waals surface area contributed by atoms with Crippen molar-refractivity contribution in [1.82, 2.24) is 9.55 Å². The van der Waals surface area contributed by atoms with E-state index in [0.29, 0.717) is 5.56 Å². The van der Waals surface area contributed by atoms with E-state index in [1.807, 2.05) is 23.7 Å². The van der Waals surface area contributed by atoms with Gasteiger partial charge in [-0.25, -0.2) is 0 Å². The second-order valence-electron chi connectivity index (χ2n) is 4.42. The van der Waals surface area contributed by atoms with E-state index in [9.17, 15) is 9.59 Å². The van der Waals surface area contributed by atoms with Gasteiger partial charge in [0, 0.05) is 42.5 Å². The minimum absolute atomic E-state index is 0.112. The SMILES string of the molecule is Cn1c(/C=C/C(N)=O)ccc1/C=C/C(=O)c1cccnc1. The van der Waals surface area contributed by atoms with Crippen LogP contribution >= 0.6 is 0 Å². The summed E-state index contributed by atoms with van der Waals surface area (Å²) in [6.07, 6.45) is 9.28. The van der Waals surface area contributed by atoms with Crippen LogP contribution in [0.25, 0.3) is 12.2 Å². The minimum Gasteiger partial charge on any atom is -0.366 e. The maximum absolute atomic E-state index is 11.9. The number of hydrogen-bond donors (Lipinski definition) is 1. The minimum atomic E-state index is -0.500.